The predicted molar refractivity (Wildman–Crippen MR) is 154 cm³/mol. The van der Waals surface area contributed by atoms with Gasteiger partial charge in [0.15, 0.2) is 0 Å². The number of carbonyl (C=O) groups excluding carboxylic acids is 1. The van der Waals surface area contributed by atoms with E-state index in [9.17, 15) is 4.79 Å². The van der Waals surface area contributed by atoms with Crippen LogP contribution in [0.1, 0.15) is 64.4 Å². The summed E-state index contributed by atoms with van der Waals surface area (Å²) in [4.78, 5) is 20.3. The van der Waals surface area contributed by atoms with Crippen molar-refractivity contribution in [3.05, 3.63) is 47.1 Å². The molecule has 8 nitrogen and oxygen atoms in total. The van der Waals surface area contributed by atoms with Crippen LogP contribution >= 0.6 is 11.6 Å². The molecule has 1 saturated heterocycles. The maximum Gasteiger partial charge on any atom is 0.350 e. The Kier molecular flexibility index (Phi) is 8.82. The highest BCUT2D eigenvalue weighted by atomic mass is 35.5. The summed E-state index contributed by atoms with van der Waals surface area (Å²) >= 11 is 6.48. The molecular weight excluding hydrogens is 500 g/mol. The molecule has 1 aromatic heterocycles. The number of benzene rings is 1. The number of hydrogen-bond acceptors (Lipinski definition) is 6. The van der Waals surface area contributed by atoms with E-state index in [1.165, 1.54) is 19.3 Å². The van der Waals surface area contributed by atoms with Crippen molar-refractivity contribution in [1.82, 2.24) is 15.3 Å². The van der Waals surface area contributed by atoms with Crippen molar-refractivity contribution in [3.8, 4) is 0 Å². The van der Waals surface area contributed by atoms with E-state index < -0.39 is 0 Å². The zero-order chi connectivity index (χ0) is 26.5. The van der Waals surface area contributed by atoms with Gasteiger partial charge in [-0.1, -0.05) is 30.9 Å². The number of halogens is 1. The fraction of sp³-hybridized carbons (Fsp3) is 0.552. The first-order chi connectivity index (χ1) is 18.5. The average Bonchev–Trinajstić information content (AvgIpc) is 3.06. The van der Waals surface area contributed by atoms with Crippen LogP contribution in [-0.2, 0) is 4.74 Å². The third-order valence-corrected chi connectivity index (χ3v) is 7.88. The zero-order valence-electron chi connectivity index (χ0n) is 22.5. The summed E-state index contributed by atoms with van der Waals surface area (Å²) in [5, 5.41) is 14.2. The summed E-state index contributed by atoms with van der Waals surface area (Å²) < 4.78 is 5.43. The molecule has 2 N–H and O–H groups in total. The monoisotopic (exact) mass is 538 g/mol. The molecule has 204 valence electrons. The molecule has 0 radical (unpaired) electrons. The number of pyridine rings is 1. The van der Waals surface area contributed by atoms with Crippen molar-refractivity contribution < 1.29 is 9.53 Å². The molecular formula is C29H39ClN6O2. The lowest BCUT2D eigenvalue weighted by molar-refractivity contribution is 0.0784. The van der Waals surface area contributed by atoms with Gasteiger partial charge in [0.1, 0.15) is 5.82 Å². The third-order valence-electron chi connectivity index (χ3n) is 7.65. The molecule has 1 saturated carbocycles. The molecule has 5 rings (SSSR count). The van der Waals surface area contributed by atoms with Crippen molar-refractivity contribution in [1.29, 1.82) is 0 Å². The first kappa shape index (κ1) is 26.9. The van der Waals surface area contributed by atoms with Crippen molar-refractivity contribution >= 4 is 40.5 Å². The van der Waals surface area contributed by atoms with Crippen molar-refractivity contribution in [3.63, 3.8) is 0 Å². The fourth-order valence-corrected chi connectivity index (χ4v) is 5.73. The molecule has 2 fully saturated rings. The molecule has 1 aromatic carbocycles. The second-order valence-electron chi connectivity index (χ2n) is 10.7. The SMILES string of the molecule is CC(C)N1N=C(C2CCCCC2)c2ccc(Cl)cc2N(c2ccc(NCCNC3CCOCC3)cn2)C1=O. The maximum atomic E-state index is 14.0. The number of rotatable bonds is 8. The number of carbonyl (C=O) groups is 1. The second kappa shape index (κ2) is 12.5. The number of hydrazone groups is 1. The molecule has 38 heavy (non-hydrogen) atoms. The fourth-order valence-electron chi connectivity index (χ4n) is 5.57. The highest BCUT2D eigenvalue weighted by Gasteiger charge is 2.35. The van der Waals surface area contributed by atoms with Crippen LogP contribution in [0.4, 0.5) is 22.0 Å². The summed E-state index contributed by atoms with van der Waals surface area (Å²) in [5.41, 5.74) is 3.59. The Morgan fingerprint density at radius 1 is 1.05 bits per heavy atom. The largest absolute Gasteiger partial charge is 0.383 e. The van der Waals surface area contributed by atoms with Gasteiger partial charge in [-0.2, -0.15) is 5.10 Å². The van der Waals surface area contributed by atoms with Gasteiger partial charge in [0.2, 0.25) is 0 Å². The number of anilines is 3. The van der Waals surface area contributed by atoms with Crippen molar-refractivity contribution in [2.75, 3.05) is 36.5 Å². The quantitative estimate of drug-likeness (QED) is 0.392. The van der Waals surface area contributed by atoms with Gasteiger partial charge in [0.05, 0.1) is 29.3 Å². The molecule has 0 atom stereocenters. The number of amides is 2. The topological polar surface area (TPSA) is 82.1 Å². The van der Waals surface area contributed by atoms with E-state index in [1.807, 2.05) is 44.2 Å². The summed E-state index contributed by atoms with van der Waals surface area (Å²) in [6.07, 6.45) is 9.71. The molecule has 0 bridgehead atoms. The van der Waals surface area contributed by atoms with E-state index in [2.05, 4.69) is 10.6 Å². The minimum absolute atomic E-state index is 0.0995. The summed E-state index contributed by atoms with van der Waals surface area (Å²) in [7, 11) is 0. The number of hydrogen-bond donors (Lipinski definition) is 2. The molecule has 0 spiro atoms. The van der Waals surface area contributed by atoms with Crippen LogP contribution in [0.5, 0.6) is 0 Å². The van der Waals surface area contributed by atoms with Crippen molar-refractivity contribution in [2.24, 2.45) is 11.0 Å². The number of nitrogens with one attached hydrogen (secondary N) is 2. The molecule has 1 aliphatic carbocycles. The number of ether oxygens (including phenoxy) is 1. The lowest BCUT2D eigenvalue weighted by Crippen LogP contribution is -2.41. The molecule has 0 unspecified atom stereocenters. The Balaban J connectivity index is 1.38. The van der Waals surface area contributed by atoms with Gasteiger partial charge in [-0.3, -0.25) is 0 Å². The van der Waals surface area contributed by atoms with E-state index in [0.29, 0.717) is 22.8 Å². The van der Waals surface area contributed by atoms with Gasteiger partial charge < -0.3 is 15.4 Å². The maximum absolute atomic E-state index is 14.0. The summed E-state index contributed by atoms with van der Waals surface area (Å²) in [5.74, 6) is 0.877. The molecule has 9 heteroatoms. The molecule has 2 amide bonds. The van der Waals surface area contributed by atoms with Gasteiger partial charge in [-0.25, -0.2) is 19.7 Å². The van der Waals surface area contributed by atoms with E-state index in [1.54, 1.807) is 16.1 Å². The summed E-state index contributed by atoms with van der Waals surface area (Å²) in [6, 6.07) is 9.84. The number of aromatic nitrogens is 1. The van der Waals surface area contributed by atoms with Crippen LogP contribution in [0.25, 0.3) is 0 Å². The minimum atomic E-state index is -0.219. The van der Waals surface area contributed by atoms with Crippen molar-refractivity contribution in [2.45, 2.75) is 70.9 Å². The normalized spacial score (nSPS) is 19.4. The van der Waals surface area contributed by atoms with Crippen LogP contribution < -0.4 is 15.5 Å². The molecule has 3 heterocycles. The molecule has 3 aliphatic rings. The van der Waals surface area contributed by atoms with Gasteiger partial charge in [0.25, 0.3) is 0 Å². The Labute approximate surface area is 230 Å². The second-order valence-corrected chi connectivity index (χ2v) is 11.1. The summed E-state index contributed by atoms with van der Waals surface area (Å²) in [6.45, 7) is 7.32. The highest BCUT2D eigenvalue weighted by molar-refractivity contribution is 6.31. The van der Waals surface area contributed by atoms with E-state index >= 15 is 0 Å². The van der Waals surface area contributed by atoms with Crippen LogP contribution in [0.3, 0.4) is 0 Å². The lowest BCUT2D eigenvalue weighted by Gasteiger charge is -2.28. The first-order valence-corrected chi connectivity index (χ1v) is 14.4. The van der Waals surface area contributed by atoms with Gasteiger partial charge in [-0.05, 0) is 69.9 Å². The molecule has 2 aliphatic heterocycles. The highest BCUT2D eigenvalue weighted by Crippen LogP contribution is 2.38. The zero-order valence-corrected chi connectivity index (χ0v) is 23.2. The smallest absolute Gasteiger partial charge is 0.350 e. The average molecular weight is 539 g/mol. The Hall–Kier alpha value is -2.68. The van der Waals surface area contributed by atoms with E-state index in [4.69, 9.17) is 26.4 Å². The number of nitrogens with zero attached hydrogens (tertiary/aromatic N) is 4. The van der Waals surface area contributed by atoms with E-state index in [0.717, 1.165) is 74.6 Å². The predicted octanol–water partition coefficient (Wildman–Crippen LogP) is 6.18. The van der Waals surface area contributed by atoms with Gasteiger partial charge in [-0.15, -0.1) is 0 Å². The van der Waals surface area contributed by atoms with Crippen LogP contribution in [0.15, 0.2) is 41.6 Å². The third kappa shape index (κ3) is 6.14. The van der Waals surface area contributed by atoms with Crippen LogP contribution in [0, 0.1) is 5.92 Å². The standard InChI is InChI=1S/C29H39ClN6O2/c1-20(2)36-29(37)35(26-18-22(30)8-10-25(26)28(34-36)21-6-4-3-5-7-21)27-11-9-24(19-33-27)32-15-14-31-23-12-16-38-17-13-23/h8-11,18-21,23,31-32H,3-7,12-17H2,1-2H3. The number of fused-ring (bicyclic) bond motifs is 1. The number of urea groups is 1. The molecule has 2 aromatic rings. The first-order valence-electron chi connectivity index (χ1n) is 14.0. The van der Waals surface area contributed by atoms with Gasteiger partial charge in [0, 0.05) is 48.8 Å². The Morgan fingerprint density at radius 2 is 1.84 bits per heavy atom. The van der Waals surface area contributed by atoms with Crippen LogP contribution in [-0.4, -0.2) is 60.1 Å². The van der Waals surface area contributed by atoms with E-state index in [-0.39, 0.29) is 12.1 Å². The lowest BCUT2D eigenvalue weighted by atomic mass is 9.83. The van der Waals surface area contributed by atoms with Crippen LogP contribution in [0.2, 0.25) is 5.02 Å². The minimum Gasteiger partial charge on any atom is -0.383 e. The van der Waals surface area contributed by atoms with Gasteiger partial charge >= 0.3 is 6.03 Å². The Morgan fingerprint density at radius 3 is 2.55 bits per heavy atom. The Bertz CT molecular complexity index is 1130.